The first-order chi connectivity index (χ1) is 10.1. The highest BCUT2D eigenvalue weighted by Crippen LogP contribution is 2.47. The molecule has 0 saturated carbocycles. The predicted octanol–water partition coefficient (Wildman–Crippen LogP) is 2.74. The first-order valence-electron chi connectivity index (χ1n) is 6.67. The molecule has 0 amide bonds. The third-order valence-electron chi connectivity index (χ3n) is 3.67. The van der Waals surface area contributed by atoms with Crippen LogP contribution in [0.2, 0.25) is 0 Å². The Morgan fingerprint density at radius 1 is 1.05 bits per heavy atom. The van der Waals surface area contributed by atoms with Gasteiger partial charge >= 0.3 is 0 Å². The van der Waals surface area contributed by atoms with Crippen LogP contribution in [0.4, 0.5) is 0 Å². The average molecular weight is 297 g/mol. The summed E-state index contributed by atoms with van der Waals surface area (Å²) in [5.41, 5.74) is 1.95. The lowest BCUT2D eigenvalue weighted by Crippen LogP contribution is -2.14. The second-order valence-electron chi connectivity index (χ2n) is 5.12. The Morgan fingerprint density at radius 2 is 1.67 bits per heavy atom. The smallest absolute Gasteiger partial charge is 0.207 e. The minimum Gasteiger partial charge on any atom is -0.207 e. The molecule has 0 spiro atoms. The second-order valence-corrected chi connectivity index (χ2v) is 6.96. The maximum Gasteiger partial charge on any atom is 0.244 e. The normalized spacial score (nSPS) is 24.3. The van der Waals surface area contributed by atoms with E-state index in [-0.39, 0.29) is 10.9 Å². The van der Waals surface area contributed by atoms with Crippen molar-refractivity contribution in [2.75, 3.05) is 0 Å². The van der Waals surface area contributed by atoms with Crippen LogP contribution in [0.1, 0.15) is 17.2 Å². The van der Waals surface area contributed by atoms with E-state index in [4.69, 9.17) is 6.42 Å². The van der Waals surface area contributed by atoms with Gasteiger partial charge in [0.15, 0.2) is 0 Å². The van der Waals surface area contributed by atoms with Gasteiger partial charge in [-0.15, -0.1) is 6.42 Å². The highest BCUT2D eigenvalue weighted by atomic mass is 32.2. The summed E-state index contributed by atoms with van der Waals surface area (Å²) in [5, 5.41) is 0. The van der Waals surface area contributed by atoms with Crippen LogP contribution in [0.3, 0.4) is 0 Å². The molecule has 1 heterocycles. The Kier molecular flexibility index (Phi) is 3.32. The fourth-order valence-electron chi connectivity index (χ4n) is 2.49. The summed E-state index contributed by atoms with van der Waals surface area (Å²) in [5.74, 6) is 2.57. The zero-order valence-electron chi connectivity index (χ0n) is 11.6. The zero-order valence-corrected chi connectivity index (χ0v) is 12.4. The Morgan fingerprint density at radius 3 is 2.24 bits per heavy atom. The van der Waals surface area contributed by atoms with Gasteiger partial charge in [-0.1, -0.05) is 53.9 Å². The van der Waals surface area contributed by atoms with Gasteiger partial charge in [0.05, 0.1) is 10.9 Å². The largest absolute Gasteiger partial charge is 0.244 e. The van der Waals surface area contributed by atoms with Crippen molar-refractivity contribution in [3.05, 3.63) is 65.7 Å². The van der Waals surface area contributed by atoms with E-state index in [9.17, 15) is 8.42 Å². The van der Waals surface area contributed by atoms with Crippen molar-refractivity contribution >= 4 is 10.0 Å². The minimum atomic E-state index is -3.55. The molecule has 3 rings (SSSR count). The molecule has 21 heavy (non-hydrogen) atoms. The van der Waals surface area contributed by atoms with Gasteiger partial charge < -0.3 is 0 Å². The standard InChI is InChI=1S/C17H15NO2S/c1-3-16-17(14-7-5-4-6-8-14)18(16)21(19,20)15-11-9-13(2)10-12-15/h1,4-12,16-17H,2H3. The van der Waals surface area contributed by atoms with E-state index in [0.717, 1.165) is 11.1 Å². The molecule has 106 valence electrons. The van der Waals surface area contributed by atoms with Gasteiger partial charge in [-0.2, -0.15) is 4.31 Å². The van der Waals surface area contributed by atoms with E-state index >= 15 is 0 Å². The fourth-order valence-corrected chi connectivity index (χ4v) is 4.17. The lowest BCUT2D eigenvalue weighted by Gasteiger charge is -2.06. The molecule has 1 fully saturated rings. The highest BCUT2D eigenvalue weighted by Gasteiger charge is 2.55. The number of terminal acetylenes is 1. The molecule has 1 saturated heterocycles. The Labute approximate surface area is 125 Å². The molecule has 3 atom stereocenters. The van der Waals surface area contributed by atoms with Crippen LogP contribution in [0.15, 0.2) is 59.5 Å². The van der Waals surface area contributed by atoms with E-state index in [1.165, 1.54) is 4.31 Å². The van der Waals surface area contributed by atoms with Crippen molar-refractivity contribution in [3.8, 4) is 12.3 Å². The topological polar surface area (TPSA) is 37.1 Å². The summed E-state index contributed by atoms with van der Waals surface area (Å²) in [6, 6.07) is 15.6. The second kappa shape index (κ2) is 5.03. The number of hydrogen-bond acceptors (Lipinski definition) is 2. The van der Waals surface area contributed by atoms with Crippen molar-refractivity contribution < 1.29 is 8.42 Å². The van der Waals surface area contributed by atoms with Gasteiger partial charge in [0.2, 0.25) is 10.0 Å². The molecule has 3 nitrogen and oxygen atoms in total. The van der Waals surface area contributed by atoms with Gasteiger partial charge in [0.25, 0.3) is 0 Å². The van der Waals surface area contributed by atoms with Crippen molar-refractivity contribution in [1.82, 2.24) is 4.31 Å². The average Bonchev–Trinajstić information content (AvgIpc) is 3.24. The summed E-state index contributed by atoms with van der Waals surface area (Å²) < 4.78 is 26.8. The number of nitrogens with zero attached hydrogens (tertiary/aromatic N) is 1. The van der Waals surface area contributed by atoms with Crippen LogP contribution < -0.4 is 0 Å². The molecule has 0 radical (unpaired) electrons. The van der Waals surface area contributed by atoms with Crippen LogP contribution in [0.5, 0.6) is 0 Å². The molecule has 0 bridgehead atoms. The molecule has 1 aliphatic heterocycles. The Hall–Kier alpha value is -2.09. The van der Waals surface area contributed by atoms with Crippen molar-refractivity contribution in [2.45, 2.75) is 23.9 Å². The molecule has 2 aromatic rings. The fraction of sp³-hybridized carbons (Fsp3) is 0.176. The van der Waals surface area contributed by atoms with Crippen LogP contribution >= 0.6 is 0 Å². The minimum absolute atomic E-state index is 0.262. The quantitative estimate of drug-likeness (QED) is 0.645. The summed E-state index contributed by atoms with van der Waals surface area (Å²) in [6.45, 7) is 1.92. The van der Waals surface area contributed by atoms with Gasteiger partial charge in [-0.25, -0.2) is 8.42 Å². The van der Waals surface area contributed by atoms with E-state index in [1.54, 1.807) is 24.3 Å². The van der Waals surface area contributed by atoms with E-state index in [1.807, 2.05) is 37.3 Å². The maximum absolute atomic E-state index is 12.7. The predicted molar refractivity (Wildman–Crippen MR) is 82.0 cm³/mol. The summed E-state index contributed by atoms with van der Waals surface area (Å²) in [7, 11) is -3.55. The zero-order chi connectivity index (χ0) is 15.0. The van der Waals surface area contributed by atoms with Crippen molar-refractivity contribution in [1.29, 1.82) is 0 Å². The summed E-state index contributed by atoms with van der Waals surface area (Å²) in [6.07, 6.45) is 5.49. The Bertz CT molecular complexity index is 789. The third-order valence-corrected chi connectivity index (χ3v) is 5.54. The highest BCUT2D eigenvalue weighted by molar-refractivity contribution is 7.89. The van der Waals surface area contributed by atoms with Crippen LogP contribution in [-0.2, 0) is 10.0 Å². The first-order valence-corrected chi connectivity index (χ1v) is 8.11. The van der Waals surface area contributed by atoms with Crippen molar-refractivity contribution in [3.63, 3.8) is 0 Å². The van der Waals surface area contributed by atoms with Gasteiger partial charge in [0.1, 0.15) is 6.04 Å². The summed E-state index contributed by atoms with van der Waals surface area (Å²) in [4.78, 5) is 0.284. The van der Waals surface area contributed by atoms with E-state index < -0.39 is 16.1 Å². The molecule has 2 aromatic carbocycles. The van der Waals surface area contributed by atoms with Gasteiger partial charge in [-0.3, -0.25) is 0 Å². The molecule has 0 N–H and O–H groups in total. The number of sulfonamides is 1. The molecule has 0 aromatic heterocycles. The number of rotatable bonds is 3. The van der Waals surface area contributed by atoms with Gasteiger partial charge in [0, 0.05) is 0 Å². The maximum atomic E-state index is 12.7. The first kappa shape index (κ1) is 13.9. The lowest BCUT2D eigenvalue weighted by molar-refractivity contribution is 0.551. The van der Waals surface area contributed by atoms with E-state index in [0.29, 0.717) is 0 Å². The SMILES string of the molecule is C#CC1C(c2ccccc2)N1S(=O)(=O)c1ccc(C)cc1. The molecule has 0 aliphatic carbocycles. The third kappa shape index (κ3) is 2.35. The Balaban J connectivity index is 1.97. The summed E-state index contributed by atoms with van der Waals surface area (Å²) >= 11 is 0. The molecular formula is C17H15NO2S. The lowest BCUT2D eigenvalue weighted by atomic mass is 10.1. The van der Waals surface area contributed by atoms with Crippen LogP contribution in [0, 0.1) is 19.3 Å². The van der Waals surface area contributed by atoms with E-state index in [2.05, 4.69) is 5.92 Å². The number of aryl methyl sites for hydroxylation is 1. The monoisotopic (exact) mass is 297 g/mol. The molecule has 3 unspecified atom stereocenters. The van der Waals surface area contributed by atoms with Crippen molar-refractivity contribution in [2.24, 2.45) is 0 Å². The molecule has 4 heteroatoms. The van der Waals surface area contributed by atoms with Crippen LogP contribution in [0.25, 0.3) is 0 Å². The number of hydrogen-bond donors (Lipinski definition) is 0. The van der Waals surface area contributed by atoms with Gasteiger partial charge in [-0.05, 0) is 24.6 Å². The number of benzene rings is 2. The molecule has 1 aliphatic rings. The molecular weight excluding hydrogens is 282 g/mol. The van der Waals surface area contributed by atoms with Crippen LogP contribution in [-0.4, -0.2) is 18.8 Å².